The number of ketones is 1. The summed E-state index contributed by atoms with van der Waals surface area (Å²) in [7, 11) is 0. The standard InChI is InChI=1S/C25H21N3O/c1-19(29)24(17-26)22-8-10-23(11-9-22)25(27-2)16-20-12-14-28(15-13-20)18-21-6-4-3-5-7-21/h3-17,24H,18H2,1H3/b25-16-. The highest BCUT2D eigenvalue weighted by atomic mass is 16.1. The van der Waals surface area contributed by atoms with Gasteiger partial charge in [-0.3, -0.25) is 4.79 Å². The van der Waals surface area contributed by atoms with Crippen molar-refractivity contribution in [3.05, 3.63) is 118 Å². The molecule has 1 atom stereocenters. The summed E-state index contributed by atoms with van der Waals surface area (Å²) in [5.74, 6) is -0.770. The molecule has 0 spiro atoms. The van der Waals surface area contributed by atoms with Crippen molar-refractivity contribution in [1.29, 1.82) is 0 Å². The number of aromatic nitrogens is 1. The van der Waals surface area contributed by atoms with Crippen molar-refractivity contribution in [1.82, 2.24) is 0 Å². The Morgan fingerprint density at radius 2 is 1.72 bits per heavy atom. The number of nitrogens with zero attached hydrogens (tertiary/aromatic N) is 3. The fourth-order valence-corrected chi connectivity index (χ4v) is 3.09. The molecule has 2 aromatic carbocycles. The second-order valence-electron chi connectivity index (χ2n) is 6.79. The summed E-state index contributed by atoms with van der Waals surface area (Å²) in [6.07, 6.45) is 6.74. The first-order chi connectivity index (χ1) is 14.1. The molecular weight excluding hydrogens is 358 g/mol. The highest BCUT2D eigenvalue weighted by Crippen LogP contribution is 2.22. The Bertz CT molecular complexity index is 1060. The molecule has 0 saturated carbocycles. The third-order valence-corrected chi connectivity index (χ3v) is 4.70. The van der Waals surface area contributed by atoms with E-state index < -0.39 is 5.92 Å². The number of pyridine rings is 1. The van der Waals surface area contributed by atoms with Crippen molar-refractivity contribution in [3.63, 3.8) is 0 Å². The molecule has 1 heterocycles. The summed E-state index contributed by atoms with van der Waals surface area (Å²) in [4.78, 5) is 15.2. The van der Waals surface area contributed by atoms with Crippen molar-refractivity contribution < 1.29 is 9.36 Å². The van der Waals surface area contributed by atoms with Crippen LogP contribution in [0, 0.1) is 6.57 Å². The highest BCUT2D eigenvalue weighted by Gasteiger charge is 2.11. The van der Waals surface area contributed by atoms with Crippen LogP contribution in [0.5, 0.6) is 0 Å². The fourth-order valence-electron chi connectivity index (χ4n) is 3.09. The molecule has 4 heteroatoms. The number of benzene rings is 2. The SMILES string of the molecule is [C-]#[N+]/C(=C\c1cc[n+](Cc2ccccc2)cc1)c1ccc(C(C=[N-])C(C)=O)cc1. The van der Waals surface area contributed by atoms with Gasteiger partial charge in [0, 0.05) is 23.6 Å². The summed E-state index contributed by atoms with van der Waals surface area (Å²) in [6, 6.07) is 21.3. The quantitative estimate of drug-likeness (QED) is 0.332. The molecule has 0 fully saturated rings. The molecule has 0 N–H and O–H groups in total. The molecule has 0 bridgehead atoms. The van der Waals surface area contributed by atoms with Gasteiger partial charge in [0.15, 0.2) is 24.6 Å². The number of carbonyl (C=O) groups excluding carboxylic acids is 1. The van der Waals surface area contributed by atoms with E-state index in [9.17, 15) is 10.2 Å². The Kier molecular flexibility index (Phi) is 6.44. The average Bonchev–Trinajstić information content (AvgIpc) is 2.75. The lowest BCUT2D eigenvalue weighted by atomic mass is 9.95. The van der Waals surface area contributed by atoms with Crippen LogP contribution >= 0.6 is 0 Å². The molecule has 3 aromatic rings. The number of Topliss-reactive ketones (excluding diaryl/α,β-unsaturated/α-hetero) is 1. The Morgan fingerprint density at radius 1 is 1.07 bits per heavy atom. The van der Waals surface area contributed by atoms with Crippen LogP contribution < -0.4 is 4.57 Å². The lowest BCUT2D eigenvalue weighted by molar-refractivity contribution is -0.688. The van der Waals surface area contributed by atoms with Crippen molar-refractivity contribution >= 4 is 23.8 Å². The van der Waals surface area contributed by atoms with Crippen molar-refractivity contribution in [2.45, 2.75) is 19.4 Å². The van der Waals surface area contributed by atoms with Gasteiger partial charge in [0.1, 0.15) is 5.78 Å². The van der Waals surface area contributed by atoms with Gasteiger partial charge in [-0.25, -0.2) is 15.6 Å². The van der Waals surface area contributed by atoms with Crippen LogP contribution in [0.2, 0.25) is 0 Å². The molecule has 4 nitrogen and oxygen atoms in total. The van der Waals surface area contributed by atoms with E-state index in [1.54, 1.807) is 24.3 Å². The maximum Gasteiger partial charge on any atom is 0.194 e. The number of hydrogen-bond acceptors (Lipinski definition) is 1. The minimum atomic E-state index is -0.640. The second-order valence-corrected chi connectivity index (χ2v) is 6.79. The van der Waals surface area contributed by atoms with E-state index in [2.05, 4.69) is 21.5 Å². The first-order valence-electron chi connectivity index (χ1n) is 9.31. The summed E-state index contributed by atoms with van der Waals surface area (Å²) in [5, 5.41) is 9.28. The monoisotopic (exact) mass is 379 g/mol. The maximum absolute atomic E-state index is 11.6. The van der Waals surface area contributed by atoms with E-state index in [1.165, 1.54) is 12.5 Å². The molecule has 0 amide bonds. The van der Waals surface area contributed by atoms with Crippen LogP contribution in [-0.2, 0) is 11.3 Å². The van der Waals surface area contributed by atoms with Crippen LogP contribution in [0.3, 0.4) is 0 Å². The minimum Gasteiger partial charge on any atom is -0.813 e. The predicted octanol–water partition coefficient (Wildman–Crippen LogP) is 4.75. The predicted molar refractivity (Wildman–Crippen MR) is 116 cm³/mol. The van der Waals surface area contributed by atoms with Gasteiger partial charge >= 0.3 is 0 Å². The topological polar surface area (TPSA) is 47.6 Å². The highest BCUT2D eigenvalue weighted by molar-refractivity contribution is 6.00. The van der Waals surface area contributed by atoms with E-state index in [0.717, 1.165) is 23.9 Å². The number of carbonyl (C=O) groups is 1. The van der Waals surface area contributed by atoms with E-state index in [-0.39, 0.29) is 5.78 Å². The van der Waals surface area contributed by atoms with E-state index in [4.69, 9.17) is 6.57 Å². The Morgan fingerprint density at radius 3 is 2.28 bits per heavy atom. The van der Waals surface area contributed by atoms with Gasteiger partial charge < -0.3 is 5.41 Å². The molecule has 3 rings (SSSR count). The lowest BCUT2D eigenvalue weighted by Crippen LogP contribution is -2.33. The zero-order valence-electron chi connectivity index (χ0n) is 16.2. The van der Waals surface area contributed by atoms with Crippen LogP contribution in [0.4, 0.5) is 0 Å². The normalized spacial score (nSPS) is 12.1. The summed E-state index contributed by atoms with van der Waals surface area (Å²) >= 11 is 0. The first kappa shape index (κ1) is 19.9. The molecule has 0 aliphatic carbocycles. The van der Waals surface area contributed by atoms with E-state index in [0.29, 0.717) is 11.3 Å². The van der Waals surface area contributed by atoms with Gasteiger partial charge in [-0.1, -0.05) is 54.6 Å². The van der Waals surface area contributed by atoms with Crippen LogP contribution in [0.1, 0.15) is 35.1 Å². The van der Waals surface area contributed by atoms with Gasteiger partial charge in [0.2, 0.25) is 0 Å². The third-order valence-electron chi connectivity index (χ3n) is 4.70. The van der Waals surface area contributed by atoms with Crippen LogP contribution in [0.25, 0.3) is 22.0 Å². The smallest absolute Gasteiger partial charge is 0.194 e. The third kappa shape index (κ3) is 5.12. The Hall–Kier alpha value is -3.84. The maximum atomic E-state index is 11.6. The first-order valence-corrected chi connectivity index (χ1v) is 9.31. The lowest BCUT2D eigenvalue weighted by Gasteiger charge is -2.12. The van der Waals surface area contributed by atoms with Gasteiger partial charge in [0.25, 0.3) is 0 Å². The van der Waals surface area contributed by atoms with Gasteiger partial charge in [0.05, 0.1) is 6.57 Å². The van der Waals surface area contributed by atoms with Crippen molar-refractivity contribution in [2.24, 2.45) is 0 Å². The van der Waals surface area contributed by atoms with Crippen molar-refractivity contribution in [3.8, 4) is 0 Å². The Labute approximate surface area is 171 Å². The molecule has 29 heavy (non-hydrogen) atoms. The molecule has 0 aliphatic heterocycles. The van der Waals surface area contributed by atoms with Gasteiger partial charge in [-0.2, -0.15) is 0 Å². The number of hydrogen-bond donors (Lipinski definition) is 0. The average molecular weight is 379 g/mol. The van der Waals surface area contributed by atoms with Gasteiger partial charge in [-0.05, 0) is 29.7 Å². The van der Waals surface area contributed by atoms with Gasteiger partial charge in [-0.15, -0.1) is 0 Å². The second kappa shape index (κ2) is 9.38. The molecule has 142 valence electrons. The van der Waals surface area contributed by atoms with E-state index in [1.807, 2.05) is 48.8 Å². The van der Waals surface area contributed by atoms with E-state index >= 15 is 0 Å². The largest absolute Gasteiger partial charge is 0.813 e. The van der Waals surface area contributed by atoms with Crippen LogP contribution in [-0.4, -0.2) is 12.0 Å². The minimum absolute atomic E-state index is 0.130. The molecule has 0 aliphatic rings. The zero-order valence-corrected chi connectivity index (χ0v) is 16.2. The Balaban J connectivity index is 1.78. The zero-order chi connectivity index (χ0) is 20.6. The molecule has 0 saturated heterocycles. The summed E-state index contributed by atoms with van der Waals surface area (Å²) in [6.45, 7) is 9.76. The van der Waals surface area contributed by atoms with Crippen LogP contribution in [0.15, 0.2) is 79.1 Å². The van der Waals surface area contributed by atoms with Crippen molar-refractivity contribution in [2.75, 3.05) is 0 Å². The molecule has 1 unspecified atom stereocenters. The summed E-state index contributed by atoms with van der Waals surface area (Å²) in [5.41, 5.74) is 4.16. The molecular formula is C25H21N3O. The molecule has 0 radical (unpaired) electrons. The number of rotatable bonds is 7. The summed E-state index contributed by atoms with van der Waals surface area (Å²) < 4.78 is 2.09. The fraction of sp³-hybridized carbons (Fsp3) is 0.120. The molecule has 1 aromatic heterocycles.